The molecule has 0 radical (unpaired) electrons. The molecule has 0 aromatic rings. The molecule has 1 nitrogen and oxygen atoms in total. The molecule has 0 aromatic carbocycles. The first-order valence-electron chi connectivity index (χ1n) is 2.96. The van der Waals surface area contributed by atoms with Gasteiger partial charge in [0.1, 0.15) is 0 Å². The van der Waals surface area contributed by atoms with E-state index in [2.05, 4.69) is 29.3 Å². The molecule has 9 heavy (non-hydrogen) atoms. The zero-order valence-electron chi connectivity index (χ0n) is 5.76. The van der Waals surface area contributed by atoms with Gasteiger partial charge in [0.05, 0.1) is 11.2 Å². The van der Waals surface area contributed by atoms with E-state index in [4.69, 9.17) is 0 Å². The fourth-order valence-electron chi connectivity index (χ4n) is 0.416. The molecule has 0 aliphatic rings. The van der Waals surface area contributed by atoms with Crippen LogP contribution in [0.2, 0.25) is 0 Å². The average molecular weight is 161 g/mol. The van der Waals surface area contributed by atoms with Crippen molar-refractivity contribution in [2.75, 3.05) is 11.5 Å². The monoisotopic (exact) mass is 161 g/mol. The van der Waals surface area contributed by atoms with Gasteiger partial charge in [0.2, 0.25) is 0 Å². The second-order valence-corrected chi connectivity index (χ2v) is 3.23. The highest BCUT2D eigenvalue weighted by Gasteiger charge is 1.94. The maximum absolute atomic E-state index is 4.45. The summed E-state index contributed by atoms with van der Waals surface area (Å²) in [6.07, 6.45) is 0. The summed E-state index contributed by atoms with van der Waals surface area (Å²) in [5.41, 5.74) is 0. The summed E-state index contributed by atoms with van der Waals surface area (Å²) < 4.78 is 0. The zero-order valence-corrected chi connectivity index (χ0v) is 7.39. The number of hydrogen-bond acceptors (Lipinski definition) is 3. The lowest BCUT2D eigenvalue weighted by molar-refractivity contribution is 0.857. The summed E-state index contributed by atoms with van der Waals surface area (Å²) in [5.74, 6) is 2.21. The first-order valence-corrected chi connectivity index (χ1v) is 4.52. The third kappa shape index (κ3) is 6.03. The number of rotatable bonds is 4. The van der Waals surface area contributed by atoms with Crippen LogP contribution in [0.15, 0.2) is 4.99 Å². The largest absolute Gasteiger partial charge is 0.229 e. The summed E-state index contributed by atoms with van der Waals surface area (Å²) >= 11 is 6.33. The van der Waals surface area contributed by atoms with E-state index in [1.54, 1.807) is 0 Å². The number of isothiocyanates is 1. The van der Waals surface area contributed by atoms with Gasteiger partial charge in [-0.1, -0.05) is 6.92 Å². The van der Waals surface area contributed by atoms with E-state index in [-0.39, 0.29) is 0 Å². The minimum absolute atomic E-state index is 0.340. The fraction of sp³-hybridized carbons (Fsp3) is 0.833. The van der Waals surface area contributed by atoms with Crippen LogP contribution in [0.25, 0.3) is 0 Å². The molecule has 0 aliphatic carbocycles. The maximum Gasteiger partial charge on any atom is 0.0664 e. The Bertz CT molecular complexity index is 108. The Morgan fingerprint density at radius 2 is 2.44 bits per heavy atom. The van der Waals surface area contributed by atoms with Gasteiger partial charge < -0.3 is 0 Å². The maximum atomic E-state index is 4.45. The molecule has 0 heterocycles. The number of thiocarbonyl (C=S) groups is 1. The van der Waals surface area contributed by atoms with E-state index < -0.39 is 0 Å². The predicted molar refractivity (Wildman–Crippen MR) is 47.5 cm³/mol. The molecule has 0 saturated carbocycles. The normalized spacial score (nSPS) is 12.2. The van der Waals surface area contributed by atoms with Gasteiger partial charge in [-0.2, -0.15) is 11.8 Å². The predicted octanol–water partition coefficient (Wildman–Crippen LogP) is 2.23. The molecule has 0 rings (SSSR count). The fourth-order valence-corrected chi connectivity index (χ4v) is 1.25. The number of hydrogen-bond donors (Lipinski definition) is 0. The average Bonchev–Trinajstić information content (AvgIpc) is 1.85. The summed E-state index contributed by atoms with van der Waals surface area (Å²) in [4.78, 5) is 3.91. The first-order chi connectivity index (χ1) is 4.31. The Balaban J connectivity index is 3.26. The van der Waals surface area contributed by atoms with E-state index in [0.29, 0.717) is 6.04 Å². The molecule has 0 fully saturated rings. The SMILES string of the molecule is CCSCC(C)N=C=S. The summed E-state index contributed by atoms with van der Waals surface area (Å²) in [6, 6.07) is 0.340. The van der Waals surface area contributed by atoms with Crippen molar-refractivity contribution >= 4 is 29.1 Å². The van der Waals surface area contributed by atoms with E-state index in [9.17, 15) is 0 Å². The molecule has 0 spiro atoms. The lowest BCUT2D eigenvalue weighted by Crippen LogP contribution is -2.00. The van der Waals surface area contributed by atoms with Gasteiger partial charge in [-0.3, -0.25) is 0 Å². The van der Waals surface area contributed by atoms with Crippen molar-refractivity contribution in [1.29, 1.82) is 0 Å². The van der Waals surface area contributed by atoms with E-state index in [0.717, 1.165) is 11.5 Å². The highest BCUT2D eigenvalue weighted by Crippen LogP contribution is 2.02. The van der Waals surface area contributed by atoms with Crippen molar-refractivity contribution in [2.24, 2.45) is 4.99 Å². The Morgan fingerprint density at radius 1 is 1.78 bits per heavy atom. The van der Waals surface area contributed by atoms with Crippen LogP contribution in [0.3, 0.4) is 0 Å². The number of nitrogens with zero attached hydrogens (tertiary/aromatic N) is 1. The Morgan fingerprint density at radius 3 is 2.89 bits per heavy atom. The van der Waals surface area contributed by atoms with Gasteiger partial charge in [0, 0.05) is 5.75 Å². The second-order valence-electron chi connectivity index (χ2n) is 1.73. The zero-order chi connectivity index (χ0) is 7.11. The van der Waals surface area contributed by atoms with Crippen LogP contribution in [-0.4, -0.2) is 22.7 Å². The van der Waals surface area contributed by atoms with E-state index in [1.807, 2.05) is 18.7 Å². The van der Waals surface area contributed by atoms with Gasteiger partial charge >= 0.3 is 0 Å². The lowest BCUT2D eigenvalue weighted by Gasteiger charge is -1.99. The van der Waals surface area contributed by atoms with Crippen LogP contribution in [0.1, 0.15) is 13.8 Å². The minimum atomic E-state index is 0.340. The van der Waals surface area contributed by atoms with Crippen molar-refractivity contribution in [3.8, 4) is 0 Å². The molecule has 0 N–H and O–H groups in total. The standard InChI is InChI=1S/C6H11NS2/c1-3-9-4-6(2)7-5-8/h6H,3-4H2,1-2H3. The van der Waals surface area contributed by atoms with E-state index >= 15 is 0 Å². The van der Waals surface area contributed by atoms with Crippen molar-refractivity contribution in [2.45, 2.75) is 19.9 Å². The second kappa shape index (κ2) is 6.27. The van der Waals surface area contributed by atoms with Gasteiger partial charge in [0.25, 0.3) is 0 Å². The Labute approximate surface area is 65.9 Å². The molecule has 1 unspecified atom stereocenters. The molecular formula is C6H11NS2. The molecular weight excluding hydrogens is 150 g/mol. The van der Waals surface area contributed by atoms with Gasteiger partial charge in [0.15, 0.2) is 0 Å². The number of thioether (sulfide) groups is 1. The van der Waals surface area contributed by atoms with Gasteiger partial charge in [-0.25, -0.2) is 4.99 Å². The van der Waals surface area contributed by atoms with Crippen molar-refractivity contribution in [3.63, 3.8) is 0 Å². The summed E-state index contributed by atoms with van der Waals surface area (Å²) in [5, 5.41) is 2.37. The third-order valence-corrected chi connectivity index (χ3v) is 2.07. The van der Waals surface area contributed by atoms with Crippen LogP contribution in [-0.2, 0) is 0 Å². The number of aliphatic imine (C=N–C) groups is 1. The van der Waals surface area contributed by atoms with Crippen molar-refractivity contribution < 1.29 is 0 Å². The van der Waals surface area contributed by atoms with Crippen molar-refractivity contribution in [1.82, 2.24) is 0 Å². The van der Waals surface area contributed by atoms with Crippen LogP contribution < -0.4 is 0 Å². The summed E-state index contributed by atoms with van der Waals surface area (Å²) in [7, 11) is 0. The lowest BCUT2D eigenvalue weighted by atomic mass is 10.4. The van der Waals surface area contributed by atoms with Gasteiger partial charge in [-0.15, -0.1) is 0 Å². The minimum Gasteiger partial charge on any atom is -0.229 e. The Hall–Kier alpha value is 0.150. The molecule has 52 valence electrons. The van der Waals surface area contributed by atoms with Gasteiger partial charge in [-0.05, 0) is 24.9 Å². The van der Waals surface area contributed by atoms with Crippen LogP contribution in [0, 0.1) is 0 Å². The Kier molecular flexibility index (Phi) is 6.38. The highest BCUT2D eigenvalue weighted by atomic mass is 32.2. The molecule has 0 saturated heterocycles. The third-order valence-electron chi connectivity index (χ3n) is 0.836. The summed E-state index contributed by atoms with van der Waals surface area (Å²) in [6.45, 7) is 4.18. The smallest absolute Gasteiger partial charge is 0.0664 e. The highest BCUT2D eigenvalue weighted by molar-refractivity contribution is 7.99. The molecule has 1 atom stereocenters. The van der Waals surface area contributed by atoms with Crippen molar-refractivity contribution in [3.05, 3.63) is 0 Å². The topological polar surface area (TPSA) is 12.4 Å². The quantitative estimate of drug-likeness (QED) is 0.463. The molecule has 0 aliphatic heterocycles. The van der Waals surface area contributed by atoms with E-state index in [1.165, 1.54) is 0 Å². The molecule has 0 aromatic heterocycles. The van der Waals surface area contributed by atoms with Crippen LogP contribution >= 0.6 is 24.0 Å². The van der Waals surface area contributed by atoms with Crippen LogP contribution in [0.5, 0.6) is 0 Å². The van der Waals surface area contributed by atoms with Crippen LogP contribution in [0.4, 0.5) is 0 Å². The molecule has 3 heteroatoms. The first kappa shape index (κ1) is 9.15. The molecule has 0 bridgehead atoms. The molecule has 0 amide bonds.